The molecule has 0 aliphatic heterocycles. The second kappa shape index (κ2) is 15.6. The predicted octanol–water partition coefficient (Wildman–Crippen LogP) is 6.26. The van der Waals surface area contributed by atoms with Crippen molar-refractivity contribution in [3.63, 3.8) is 0 Å². The van der Waals surface area contributed by atoms with Gasteiger partial charge in [-0.2, -0.15) is 0 Å². The lowest BCUT2D eigenvalue weighted by Gasteiger charge is -2.30. The van der Waals surface area contributed by atoms with Crippen molar-refractivity contribution in [2.75, 3.05) is 13.2 Å². The maximum Gasteiger partial charge on any atom is 0.153 e. The fraction of sp³-hybridized carbons (Fsp3) is 0.184. The summed E-state index contributed by atoms with van der Waals surface area (Å²) in [5, 5.41) is 34.4. The Bertz CT molecular complexity index is 1580. The van der Waals surface area contributed by atoms with Crippen LogP contribution in [0.5, 0.6) is 23.0 Å². The number of hydrogen-bond donors (Lipinski definition) is 4. The SMILES string of the molecule is O=Cc1cc(OC[C@@H](O)CNC(Cc2ccccc2)C(c2ccc(O)cc2)c2ccc(O)cc2)ccc1OCc1ccccc1. The number of ether oxygens (including phenoxy) is 2. The molecule has 230 valence electrons. The molecule has 0 aromatic heterocycles. The molecule has 45 heavy (non-hydrogen) atoms. The minimum atomic E-state index is -0.850. The third-order valence-corrected chi connectivity index (χ3v) is 7.61. The topological polar surface area (TPSA) is 108 Å². The van der Waals surface area contributed by atoms with E-state index < -0.39 is 6.10 Å². The van der Waals surface area contributed by atoms with Crippen LogP contribution in [-0.4, -0.2) is 46.9 Å². The first-order valence-corrected chi connectivity index (χ1v) is 14.9. The molecule has 7 heteroatoms. The molecular weight excluding hydrogens is 566 g/mol. The fourth-order valence-corrected chi connectivity index (χ4v) is 5.31. The van der Waals surface area contributed by atoms with Gasteiger partial charge in [0.15, 0.2) is 6.29 Å². The van der Waals surface area contributed by atoms with Gasteiger partial charge in [-0.3, -0.25) is 4.79 Å². The van der Waals surface area contributed by atoms with E-state index in [1.54, 1.807) is 42.5 Å². The highest BCUT2D eigenvalue weighted by Gasteiger charge is 2.26. The highest BCUT2D eigenvalue weighted by molar-refractivity contribution is 5.80. The Morgan fingerprint density at radius 3 is 1.84 bits per heavy atom. The van der Waals surface area contributed by atoms with Gasteiger partial charge in [0.25, 0.3) is 0 Å². The summed E-state index contributed by atoms with van der Waals surface area (Å²) in [6.45, 7) is 0.589. The maximum absolute atomic E-state index is 11.8. The zero-order valence-electron chi connectivity index (χ0n) is 24.8. The Hall–Kier alpha value is -5.11. The average Bonchev–Trinajstić information content (AvgIpc) is 3.08. The van der Waals surface area contributed by atoms with Crippen molar-refractivity contribution in [3.8, 4) is 23.0 Å². The number of phenols is 2. The monoisotopic (exact) mass is 603 g/mol. The molecule has 0 heterocycles. The van der Waals surface area contributed by atoms with Crippen LogP contribution < -0.4 is 14.8 Å². The minimum absolute atomic E-state index is 0.0106. The molecular formula is C38H37NO6. The summed E-state index contributed by atoms with van der Waals surface area (Å²) in [5.74, 6) is 1.11. The molecule has 0 saturated carbocycles. The van der Waals surface area contributed by atoms with Crippen molar-refractivity contribution in [1.82, 2.24) is 5.32 Å². The van der Waals surface area contributed by atoms with E-state index in [-0.39, 0.29) is 36.6 Å². The molecule has 0 spiro atoms. The highest BCUT2D eigenvalue weighted by Crippen LogP contribution is 2.32. The summed E-state index contributed by atoms with van der Waals surface area (Å²) in [4.78, 5) is 11.8. The zero-order chi connectivity index (χ0) is 31.4. The Labute approximate surface area is 263 Å². The summed E-state index contributed by atoms with van der Waals surface area (Å²) >= 11 is 0. The summed E-state index contributed by atoms with van der Waals surface area (Å²) in [7, 11) is 0. The number of phenolic OH excluding ortho intramolecular Hbond substituents is 2. The number of benzene rings is 5. The van der Waals surface area contributed by atoms with Crippen molar-refractivity contribution in [2.45, 2.75) is 31.1 Å². The van der Waals surface area contributed by atoms with Gasteiger partial charge in [0.1, 0.15) is 42.3 Å². The van der Waals surface area contributed by atoms with Crippen LogP contribution >= 0.6 is 0 Å². The van der Waals surface area contributed by atoms with Crippen molar-refractivity contribution in [3.05, 3.63) is 155 Å². The van der Waals surface area contributed by atoms with Gasteiger partial charge in [-0.25, -0.2) is 0 Å². The average molecular weight is 604 g/mol. The third-order valence-electron chi connectivity index (χ3n) is 7.61. The van der Waals surface area contributed by atoms with Crippen molar-refractivity contribution < 1.29 is 29.6 Å². The predicted molar refractivity (Wildman–Crippen MR) is 174 cm³/mol. The lowest BCUT2D eigenvalue weighted by molar-refractivity contribution is 0.102. The molecule has 5 rings (SSSR count). The van der Waals surface area contributed by atoms with Crippen molar-refractivity contribution >= 4 is 6.29 Å². The summed E-state index contributed by atoms with van der Waals surface area (Å²) in [6, 6.07) is 38.9. The van der Waals surface area contributed by atoms with E-state index in [1.807, 2.05) is 72.8 Å². The van der Waals surface area contributed by atoms with Gasteiger partial charge < -0.3 is 30.1 Å². The van der Waals surface area contributed by atoms with Crippen LogP contribution in [-0.2, 0) is 13.0 Å². The highest BCUT2D eigenvalue weighted by atomic mass is 16.5. The zero-order valence-corrected chi connectivity index (χ0v) is 24.8. The quantitative estimate of drug-likeness (QED) is 0.105. The van der Waals surface area contributed by atoms with Gasteiger partial charge in [0, 0.05) is 18.5 Å². The molecule has 4 N–H and O–H groups in total. The second-order valence-corrected chi connectivity index (χ2v) is 10.9. The van der Waals surface area contributed by atoms with Crippen LogP contribution in [0.4, 0.5) is 0 Å². The second-order valence-electron chi connectivity index (χ2n) is 10.9. The van der Waals surface area contributed by atoms with Crippen LogP contribution in [0.25, 0.3) is 0 Å². The number of carbonyl (C=O) groups is 1. The van der Waals surface area contributed by atoms with E-state index >= 15 is 0 Å². The van der Waals surface area contributed by atoms with Gasteiger partial charge in [-0.15, -0.1) is 0 Å². The van der Waals surface area contributed by atoms with Crippen molar-refractivity contribution in [1.29, 1.82) is 0 Å². The van der Waals surface area contributed by atoms with E-state index in [0.29, 0.717) is 30.1 Å². The Morgan fingerprint density at radius 2 is 1.27 bits per heavy atom. The van der Waals surface area contributed by atoms with E-state index in [4.69, 9.17) is 9.47 Å². The fourth-order valence-electron chi connectivity index (χ4n) is 5.31. The Balaban J connectivity index is 1.27. The molecule has 5 aromatic rings. The van der Waals surface area contributed by atoms with Gasteiger partial charge in [-0.05, 0) is 71.1 Å². The number of rotatable bonds is 15. The number of aliphatic hydroxyl groups excluding tert-OH is 1. The van der Waals surface area contributed by atoms with Gasteiger partial charge >= 0.3 is 0 Å². The van der Waals surface area contributed by atoms with E-state index in [1.165, 1.54) is 0 Å². The molecule has 0 saturated heterocycles. The molecule has 0 aliphatic rings. The molecule has 1 unspecified atom stereocenters. The molecule has 0 radical (unpaired) electrons. The number of carbonyl (C=O) groups excluding carboxylic acids is 1. The summed E-state index contributed by atoms with van der Waals surface area (Å²) in [6.07, 6.45) is 0.539. The Morgan fingerprint density at radius 1 is 0.689 bits per heavy atom. The lowest BCUT2D eigenvalue weighted by Crippen LogP contribution is -2.43. The standard InChI is InChI=1S/C38H37NO6/c40-24-31-22-35(19-20-37(31)45-25-28-9-5-2-6-10-28)44-26-34(43)23-39-36(21-27-7-3-1-4-8-27)38(29-11-15-32(41)16-12-29)30-13-17-33(42)18-14-30/h1-20,22,24,34,36,38-39,41-43H,21,23,25-26H2/t34-,36?/m0/s1. The molecule has 5 aromatic carbocycles. The molecule has 0 bridgehead atoms. The first-order valence-electron chi connectivity index (χ1n) is 14.9. The van der Waals surface area contributed by atoms with E-state index in [0.717, 1.165) is 28.5 Å². The molecule has 2 atom stereocenters. The number of hydrogen-bond acceptors (Lipinski definition) is 7. The van der Waals surface area contributed by atoms with Gasteiger partial charge in [0.05, 0.1) is 5.56 Å². The first-order chi connectivity index (χ1) is 22.0. The van der Waals surface area contributed by atoms with Crippen LogP contribution in [0.2, 0.25) is 0 Å². The summed E-state index contributed by atoms with van der Waals surface area (Å²) in [5.41, 5.74) is 4.44. The molecule has 7 nitrogen and oxygen atoms in total. The Kier molecular flexibility index (Phi) is 10.8. The first kappa shape index (κ1) is 31.3. The largest absolute Gasteiger partial charge is 0.508 e. The van der Waals surface area contributed by atoms with Crippen LogP contribution in [0.1, 0.15) is 38.5 Å². The van der Waals surface area contributed by atoms with E-state index in [9.17, 15) is 20.1 Å². The molecule has 0 aliphatic carbocycles. The number of nitrogens with one attached hydrogen (secondary N) is 1. The van der Waals surface area contributed by atoms with Crippen LogP contribution in [0, 0.1) is 0 Å². The number of aldehydes is 1. The third kappa shape index (κ3) is 8.95. The molecule has 0 amide bonds. The van der Waals surface area contributed by atoms with Crippen molar-refractivity contribution in [2.24, 2.45) is 0 Å². The van der Waals surface area contributed by atoms with Crippen LogP contribution in [0.3, 0.4) is 0 Å². The van der Waals surface area contributed by atoms with Crippen LogP contribution in [0.15, 0.2) is 127 Å². The van der Waals surface area contributed by atoms with E-state index in [2.05, 4.69) is 17.4 Å². The van der Waals surface area contributed by atoms with Gasteiger partial charge in [-0.1, -0.05) is 84.9 Å². The molecule has 0 fully saturated rings. The minimum Gasteiger partial charge on any atom is -0.508 e. The number of aromatic hydroxyl groups is 2. The lowest BCUT2D eigenvalue weighted by atomic mass is 9.82. The number of aliphatic hydroxyl groups is 1. The normalized spacial score (nSPS) is 12.4. The maximum atomic E-state index is 11.8. The smallest absolute Gasteiger partial charge is 0.153 e. The van der Waals surface area contributed by atoms with Gasteiger partial charge in [0.2, 0.25) is 0 Å². The summed E-state index contributed by atoms with van der Waals surface area (Å²) < 4.78 is 11.7.